The molecule has 6 nitrogen and oxygen atoms in total. The average Bonchev–Trinajstić information content (AvgIpc) is 3.42. The quantitative estimate of drug-likeness (QED) is 0.521. The van der Waals surface area contributed by atoms with Crippen molar-refractivity contribution in [1.29, 1.82) is 0 Å². The van der Waals surface area contributed by atoms with Crippen LogP contribution in [0.2, 0.25) is 0 Å². The van der Waals surface area contributed by atoms with Gasteiger partial charge in [-0.25, -0.2) is 9.36 Å². The van der Waals surface area contributed by atoms with Crippen molar-refractivity contribution in [2.24, 2.45) is 0 Å². The monoisotopic (exact) mass is 445 g/mol. The van der Waals surface area contributed by atoms with E-state index >= 15 is 0 Å². The second-order valence-electron chi connectivity index (χ2n) is 8.27. The largest absolute Gasteiger partial charge is 0.348 e. The van der Waals surface area contributed by atoms with Gasteiger partial charge in [0.1, 0.15) is 11.2 Å². The minimum absolute atomic E-state index is 0.0574. The highest BCUT2D eigenvalue weighted by Gasteiger charge is 2.24. The Labute approximate surface area is 188 Å². The van der Waals surface area contributed by atoms with Crippen molar-refractivity contribution < 1.29 is 4.79 Å². The van der Waals surface area contributed by atoms with E-state index in [-0.39, 0.29) is 24.1 Å². The molecule has 0 radical (unpaired) electrons. The summed E-state index contributed by atoms with van der Waals surface area (Å²) in [6.45, 7) is 3.78. The number of fused-ring (bicyclic) bond motifs is 2. The summed E-state index contributed by atoms with van der Waals surface area (Å²) >= 11 is 1.28. The third-order valence-corrected chi connectivity index (χ3v) is 7.16. The lowest BCUT2D eigenvalue weighted by Crippen LogP contribution is -2.41. The molecule has 4 aromatic rings. The Bertz CT molecular complexity index is 1480. The molecule has 1 amide bonds. The van der Waals surface area contributed by atoms with Crippen molar-refractivity contribution in [3.05, 3.63) is 97.0 Å². The lowest BCUT2D eigenvalue weighted by atomic mass is 10.1. The lowest BCUT2D eigenvalue weighted by Gasteiger charge is -2.16. The summed E-state index contributed by atoms with van der Waals surface area (Å²) in [6.07, 6.45) is 1.77. The smallest absolute Gasteiger partial charge is 0.336 e. The fraction of sp³-hybridized carbons (Fsp3) is 0.240. The molecule has 0 aliphatic heterocycles. The molecule has 162 valence electrons. The molecule has 5 rings (SSSR count). The van der Waals surface area contributed by atoms with E-state index in [2.05, 4.69) is 11.4 Å². The molecule has 2 aromatic heterocycles. The van der Waals surface area contributed by atoms with Crippen LogP contribution in [0.1, 0.15) is 34.7 Å². The number of nitrogens with zero attached hydrogens (tertiary/aromatic N) is 2. The van der Waals surface area contributed by atoms with Crippen molar-refractivity contribution in [1.82, 2.24) is 14.5 Å². The maximum absolute atomic E-state index is 13.4. The zero-order valence-corrected chi connectivity index (χ0v) is 18.7. The molecule has 1 N–H and O–H groups in total. The third-order valence-electron chi connectivity index (χ3n) is 6.27. The first-order valence-corrected chi connectivity index (χ1v) is 11.5. The lowest BCUT2D eigenvalue weighted by molar-refractivity contribution is -0.122. The summed E-state index contributed by atoms with van der Waals surface area (Å²) in [6, 6.07) is 15.3. The van der Waals surface area contributed by atoms with Gasteiger partial charge in [0.25, 0.3) is 5.56 Å². The van der Waals surface area contributed by atoms with Gasteiger partial charge < -0.3 is 5.32 Å². The van der Waals surface area contributed by atoms with Gasteiger partial charge in [0.2, 0.25) is 5.91 Å². The minimum Gasteiger partial charge on any atom is -0.348 e. The van der Waals surface area contributed by atoms with Crippen molar-refractivity contribution in [3.8, 4) is 5.69 Å². The van der Waals surface area contributed by atoms with E-state index in [4.69, 9.17) is 0 Å². The predicted molar refractivity (Wildman–Crippen MR) is 127 cm³/mol. The summed E-state index contributed by atoms with van der Waals surface area (Å²) in [7, 11) is 0. The van der Waals surface area contributed by atoms with E-state index in [0.29, 0.717) is 15.9 Å². The van der Waals surface area contributed by atoms with Gasteiger partial charge >= 0.3 is 5.69 Å². The van der Waals surface area contributed by atoms with Crippen LogP contribution in [0.5, 0.6) is 0 Å². The minimum atomic E-state index is -0.508. The fourth-order valence-corrected chi connectivity index (χ4v) is 5.25. The number of thiophene rings is 1. The number of nitrogens with one attached hydrogen (secondary N) is 1. The first-order chi connectivity index (χ1) is 15.4. The molecule has 0 unspecified atom stereocenters. The number of hydrogen-bond acceptors (Lipinski definition) is 4. The van der Waals surface area contributed by atoms with Gasteiger partial charge in [0.15, 0.2) is 0 Å². The molecule has 0 fully saturated rings. The van der Waals surface area contributed by atoms with Gasteiger partial charge in [-0.15, -0.1) is 11.3 Å². The Morgan fingerprint density at radius 2 is 1.91 bits per heavy atom. The summed E-state index contributed by atoms with van der Waals surface area (Å²) < 4.78 is 3.03. The zero-order valence-electron chi connectivity index (χ0n) is 17.9. The van der Waals surface area contributed by atoms with Crippen LogP contribution in [0.15, 0.2) is 63.5 Å². The molecular formula is C25H23N3O3S. The highest BCUT2D eigenvalue weighted by molar-refractivity contribution is 7.17. The van der Waals surface area contributed by atoms with Crippen LogP contribution in [-0.2, 0) is 17.8 Å². The Hall–Kier alpha value is -3.45. The number of aryl methyl sites for hydroxylation is 3. The number of aromatic nitrogens is 2. The number of rotatable bonds is 4. The van der Waals surface area contributed by atoms with E-state index in [1.807, 2.05) is 44.2 Å². The van der Waals surface area contributed by atoms with Gasteiger partial charge in [-0.3, -0.25) is 14.2 Å². The van der Waals surface area contributed by atoms with Crippen LogP contribution >= 0.6 is 11.3 Å². The molecule has 0 spiro atoms. The molecular weight excluding hydrogens is 422 g/mol. The zero-order chi connectivity index (χ0) is 22.4. The van der Waals surface area contributed by atoms with Crippen LogP contribution in [-0.4, -0.2) is 15.0 Å². The van der Waals surface area contributed by atoms with Gasteiger partial charge in [0, 0.05) is 0 Å². The van der Waals surface area contributed by atoms with E-state index < -0.39 is 5.69 Å². The summed E-state index contributed by atoms with van der Waals surface area (Å²) in [4.78, 5) is 39.5. The van der Waals surface area contributed by atoms with E-state index in [1.165, 1.54) is 26.0 Å². The molecule has 0 saturated carbocycles. The second kappa shape index (κ2) is 7.91. The first-order valence-electron chi connectivity index (χ1n) is 10.6. The molecule has 32 heavy (non-hydrogen) atoms. The molecule has 7 heteroatoms. The fourth-order valence-electron chi connectivity index (χ4n) is 4.42. The highest BCUT2D eigenvalue weighted by atomic mass is 32.1. The predicted octanol–water partition coefficient (Wildman–Crippen LogP) is 3.63. The first kappa shape index (κ1) is 20.5. The van der Waals surface area contributed by atoms with E-state index in [9.17, 15) is 14.4 Å². The van der Waals surface area contributed by atoms with Crippen molar-refractivity contribution in [2.45, 2.75) is 39.3 Å². The van der Waals surface area contributed by atoms with Gasteiger partial charge in [-0.2, -0.15) is 0 Å². The summed E-state index contributed by atoms with van der Waals surface area (Å²) in [5.41, 5.74) is 4.59. The van der Waals surface area contributed by atoms with Crippen LogP contribution in [0.4, 0.5) is 0 Å². The molecule has 0 saturated heterocycles. The maximum Gasteiger partial charge on any atom is 0.336 e. The molecule has 1 aliphatic rings. The Morgan fingerprint density at radius 3 is 2.72 bits per heavy atom. The number of carbonyl (C=O) groups excluding carboxylic acids is 1. The number of hydrogen-bond donors (Lipinski definition) is 1. The van der Waals surface area contributed by atoms with Gasteiger partial charge in [0.05, 0.1) is 17.2 Å². The van der Waals surface area contributed by atoms with E-state index in [1.54, 1.807) is 17.5 Å². The summed E-state index contributed by atoms with van der Waals surface area (Å²) in [5.74, 6) is -0.244. The number of amides is 1. The van der Waals surface area contributed by atoms with Crippen LogP contribution < -0.4 is 16.6 Å². The molecule has 2 aromatic carbocycles. The van der Waals surface area contributed by atoms with Crippen LogP contribution in [0.25, 0.3) is 15.9 Å². The second-order valence-corrected chi connectivity index (χ2v) is 9.19. The summed E-state index contributed by atoms with van der Waals surface area (Å²) in [5, 5.41) is 4.85. The van der Waals surface area contributed by atoms with Crippen molar-refractivity contribution in [2.75, 3.05) is 0 Å². The Kier molecular flexibility index (Phi) is 5.06. The average molecular weight is 446 g/mol. The Balaban J connectivity index is 1.54. The third kappa shape index (κ3) is 3.39. The van der Waals surface area contributed by atoms with Gasteiger partial charge in [-0.1, -0.05) is 30.3 Å². The highest BCUT2D eigenvalue weighted by Crippen LogP contribution is 2.30. The van der Waals surface area contributed by atoms with Crippen LogP contribution in [0, 0.1) is 13.8 Å². The van der Waals surface area contributed by atoms with Gasteiger partial charge in [-0.05, 0) is 72.5 Å². The molecule has 1 atom stereocenters. The molecule has 2 heterocycles. The normalized spacial score (nSPS) is 15.1. The SMILES string of the molecule is Cc1ccc(-n2c(=O)c3sccc3n(CC(=O)N[C@@H]3CCc4ccccc43)c2=O)cc1C. The van der Waals surface area contributed by atoms with Crippen molar-refractivity contribution >= 4 is 27.5 Å². The van der Waals surface area contributed by atoms with E-state index in [0.717, 1.165) is 29.5 Å². The molecule has 1 aliphatic carbocycles. The standard InChI is InChI=1S/C25H23N3O3S/c1-15-7-9-18(13-16(15)2)28-24(30)23-21(11-12-32-23)27(25(28)31)14-22(29)26-20-10-8-17-5-3-4-6-19(17)20/h3-7,9,11-13,20H,8,10,14H2,1-2H3,(H,26,29)/t20-/m1/s1. The maximum atomic E-state index is 13.4. The molecule has 0 bridgehead atoms. The Morgan fingerprint density at radius 1 is 1.09 bits per heavy atom. The van der Waals surface area contributed by atoms with Crippen LogP contribution in [0.3, 0.4) is 0 Å². The number of benzene rings is 2. The van der Waals surface area contributed by atoms with Crippen molar-refractivity contribution in [3.63, 3.8) is 0 Å². The number of carbonyl (C=O) groups is 1. The topological polar surface area (TPSA) is 73.1 Å².